The zero-order chi connectivity index (χ0) is 23.3. The van der Waals surface area contributed by atoms with Gasteiger partial charge in [-0.1, -0.05) is 37.1 Å². The quantitative estimate of drug-likeness (QED) is 0.526. The maximum atomic E-state index is 13.2. The lowest BCUT2D eigenvalue weighted by Gasteiger charge is -2.22. The Hall–Kier alpha value is -3.81. The fourth-order valence-corrected chi connectivity index (χ4v) is 3.47. The SMILES string of the molecule is CCCCn1c(N)c(N(Cc2ccco2)C(=O)/C=C/c2ccc(C)cc2C)c(=O)[nH]c1=O. The van der Waals surface area contributed by atoms with E-state index in [1.165, 1.54) is 21.8 Å². The molecule has 3 rings (SSSR count). The van der Waals surface area contributed by atoms with Crippen LogP contribution in [0.1, 0.15) is 42.2 Å². The Morgan fingerprint density at radius 1 is 1.25 bits per heavy atom. The van der Waals surface area contributed by atoms with E-state index in [-0.39, 0.29) is 18.1 Å². The highest BCUT2D eigenvalue weighted by molar-refractivity contribution is 6.05. The first-order valence-corrected chi connectivity index (χ1v) is 10.5. The van der Waals surface area contributed by atoms with Gasteiger partial charge in [0, 0.05) is 12.6 Å². The van der Waals surface area contributed by atoms with Gasteiger partial charge >= 0.3 is 5.69 Å². The standard InChI is InChI=1S/C24H28N4O4/c1-4-5-12-27-22(25)21(23(30)26-24(27)31)28(15-19-7-6-13-32-19)20(29)11-10-18-9-8-16(2)14-17(18)3/h6-11,13-14H,4-5,12,15,25H2,1-3H3,(H,26,30,31)/b11-10+. The Morgan fingerprint density at radius 3 is 2.69 bits per heavy atom. The number of unbranched alkanes of at least 4 members (excludes halogenated alkanes) is 1. The number of aromatic nitrogens is 2. The van der Waals surface area contributed by atoms with Crippen molar-refractivity contribution in [1.29, 1.82) is 0 Å². The highest BCUT2D eigenvalue weighted by Gasteiger charge is 2.24. The molecule has 0 atom stereocenters. The molecular formula is C24H28N4O4. The maximum Gasteiger partial charge on any atom is 0.330 e. The molecule has 3 N–H and O–H groups in total. The monoisotopic (exact) mass is 436 g/mol. The Morgan fingerprint density at radius 2 is 2.03 bits per heavy atom. The summed E-state index contributed by atoms with van der Waals surface area (Å²) in [4.78, 5) is 41.8. The molecule has 8 heteroatoms. The van der Waals surface area contributed by atoms with Gasteiger partial charge in [0.25, 0.3) is 11.5 Å². The number of carbonyl (C=O) groups excluding carboxylic acids is 1. The molecule has 3 aromatic rings. The number of anilines is 2. The van der Waals surface area contributed by atoms with Crippen LogP contribution in [0.25, 0.3) is 6.08 Å². The summed E-state index contributed by atoms with van der Waals surface area (Å²) in [6, 6.07) is 9.31. The van der Waals surface area contributed by atoms with Crippen molar-refractivity contribution >= 4 is 23.5 Å². The Bertz CT molecular complexity index is 1240. The van der Waals surface area contributed by atoms with Crippen LogP contribution in [0.4, 0.5) is 11.5 Å². The number of hydrogen-bond donors (Lipinski definition) is 2. The van der Waals surface area contributed by atoms with Crippen LogP contribution >= 0.6 is 0 Å². The fraction of sp³-hybridized carbons (Fsp3) is 0.292. The molecule has 0 saturated carbocycles. The van der Waals surface area contributed by atoms with Crippen LogP contribution in [-0.4, -0.2) is 15.5 Å². The minimum atomic E-state index is -0.722. The van der Waals surface area contributed by atoms with Gasteiger partial charge in [0.2, 0.25) is 0 Å². The molecule has 0 spiro atoms. The molecule has 2 heterocycles. The second-order valence-corrected chi connectivity index (χ2v) is 7.70. The third-order valence-electron chi connectivity index (χ3n) is 5.21. The van der Waals surface area contributed by atoms with E-state index >= 15 is 0 Å². The largest absolute Gasteiger partial charge is 0.467 e. The molecule has 1 amide bonds. The number of nitrogens with zero attached hydrogens (tertiary/aromatic N) is 2. The predicted octanol–water partition coefficient (Wildman–Crippen LogP) is 3.38. The number of carbonyl (C=O) groups is 1. The molecule has 0 saturated heterocycles. The second-order valence-electron chi connectivity index (χ2n) is 7.70. The van der Waals surface area contributed by atoms with Crippen LogP contribution in [0.5, 0.6) is 0 Å². The lowest BCUT2D eigenvalue weighted by atomic mass is 10.1. The van der Waals surface area contributed by atoms with Crippen molar-refractivity contribution in [3.05, 3.63) is 86.0 Å². The summed E-state index contributed by atoms with van der Waals surface area (Å²) < 4.78 is 6.68. The van der Waals surface area contributed by atoms with Gasteiger partial charge in [-0.25, -0.2) is 4.79 Å². The Kier molecular flexibility index (Phi) is 7.14. The summed E-state index contributed by atoms with van der Waals surface area (Å²) in [5.74, 6) is -0.0327. The molecular weight excluding hydrogens is 408 g/mol. The number of hydrogen-bond acceptors (Lipinski definition) is 5. The average molecular weight is 437 g/mol. The van der Waals surface area contributed by atoms with Gasteiger partial charge in [-0.3, -0.25) is 24.0 Å². The summed E-state index contributed by atoms with van der Waals surface area (Å²) in [7, 11) is 0. The first-order valence-electron chi connectivity index (χ1n) is 10.5. The van der Waals surface area contributed by atoms with Crippen LogP contribution in [0.15, 0.2) is 56.7 Å². The van der Waals surface area contributed by atoms with Crippen LogP contribution in [0.2, 0.25) is 0 Å². The lowest BCUT2D eigenvalue weighted by molar-refractivity contribution is -0.114. The molecule has 0 aliphatic carbocycles. The minimum absolute atomic E-state index is 0.0116. The fourth-order valence-electron chi connectivity index (χ4n) is 3.47. The van der Waals surface area contributed by atoms with E-state index in [9.17, 15) is 14.4 Å². The topological polar surface area (TPSA) is 114 Å². The number of H-pyrrole nitrogens is 1. The van der Waals surface area contributed by atoms with Gasteiger partial charge in [0.05, 0.1) is 12.8 Å². The predicted molar refractivity (Wildman–Crippen MR) is 125 cm³/mol. The van der Waals surface area contributed by atoms with Crippen molar-refractivity contribution in [3.8, 4) is 0 Å². The maximum absolute atomic E-state index is 13.2. The number of benzene rings is 1. The molecule has 0 fully saturated rings. The van der Waals surface area contributed by atoms with E-state index in [0.29, 0.717) is 18.7 Å². The molecule has 1 aromatic carbocycles. The molecule has 2 aromatic heterocycles. The molecule has 32 heavy (non-hydrogen) atoms. The van der Waals surface area contributed by atoms with Crippen LogP contribution in [0, 0.1) is 13.8 Å². The molecule has 0 radical (unpaired) electrons. The zero-order valence-electron chi connectivity index (χ0n) is 18.6. The van der Waals surface area contributed by atoms with Crippen LogP contribution in [0.3, 0.4) is 0 Å². The highest BCUT2D eigenvalue weighted by atomic mass is 16.3. The second kappa shape index (κ2) is 10.00. The van der Waals surface area contributed by atoms with Gasteiger partial charge in [-0.2, -0.15) is 0 Å². The lowest BCUT2D eigenvalue weighted by Crippen LogP contribution is -2.40. The number of aryl methyl sites for hydroxylation is 2. The van der Waals surface area contributed by atoms with E-state index in [2.05, 4.69) is 4.98 Å². The molecule has 168 valence electrons. The Labute approximate surface area is 186 Å². The number of nitrogen functional groups attached to an aromatic ring is 1. The highest BCUT2D eigenvalue weighted by Crippen LogP contribution is 2.21. The normalized spacial score (nSPS) is 11.2. The van der Waals surface area contributed by atoms with E-state index in [0.717, 1.165) is 23.1 Å². The minimum Gasteiger partial charge on any atom is -0.467 e. The van der Waals surface area contributed by atoms with Crippen molar-refractivity contribution in [1.82, 2.24) is 9.55 Å². The van der Waals surface area contributed by atoms with E-state index in [1.807, 2.05) is 39.0 Å². The first kappa shape index (κ1) is 22.9. The smallest absolute Gasteiger partial charge is 0.330 e. The van der Waals surface area contributed by atoms with Crippen molar-refractivity contribution in [2.45, 2.75) is 46.7 Å². The third-order valence-corrected chi connectivity index (χ3v) is 5.21. The van der Waals surface area contributed by atoms with Gasteiger partial charge in [0.15, 0.2) is 5.69 Å². The third kappa shape index (κ3) is 5.08. The molecule has 0 bridgehead atoms. The van der Waals surface area contributed by atoms with Crippen molar-refractivity contribution in [2.24, 2.45) is 0 Å². The summed E-state index contributed by atoms with van der Waals surface area (Å²) in [5.41, 5.74) is 7.88. The van der Waals surface area contributed by atoms with Crippen LogP contribution < -0.4 is 21.9 Å². The van der Waals surface area contributed by atoms with E-state index in [4.69, 9.17) is 10.2 Å². The van der Waals surface area contributed by atoms with Gasteiger partial charge in [-0.15, -0.1) is 0 Å². The van der Waals surface area contributed by atoms with E-state index < -0.39 is 17.2 Å². The molecule has 0 aliphatic rings. The van der Waals surface area contributed by atoms with Gasteiger partial charge < -0.3 is 10.2 Å². The van der Waals surface area contributed by atoms with Crippen molar-refractivity contribution in [2.75, 3.05) is 10.6 Å². The van der Waals surface area contributed by atoms with Crippen molar-refractivity contribution < 1.29 is 9.21 Å². The number of nitrogens with one attached hydrogen (secondary N) is 1. The average Bonchev–Trinajstić information content (AvgIpc) is 3.25. The summed E-state index contributed by atoms with van der Waals surface area (Å²) >= 11 is 0. The number of rotatable bonds is 8. The number of aromatic amines is 1. The number of furan rings is 1. The van der Waals surface area contributed by atoms with Crippen LogP contribution in [-0.2, 0) is 17.9 Å². The molecule has 0 unspecified atom stereocenters. The summed E-state index contributed by atoms with van der Waals surface area (Å²) in [6.07, 6.45) is 6.12. The molecule has 0 aliphatic heterocycles. The number of amides is 1. The molecule has 8 nitrogen and oxygen atoms in total. The van der Waals surface area contributed by atoms with E-state index in [1.54, 1.807) is 18.2 Å². The van der Waals surface area contributed by atoms with Gasteiger partial charge in [0.1, 0.15) is 11.6 Å². The Balaban J connectivity index is 2.05. The summed E-state index contributed by atoms with van der Waals surface area (Å²) in [6.45, 7) is 6.27. The summed E-state index contributed by atoms with van der Waals surface area (Å²) in [5, 5.41) is 0. The first-order chi connectivity index (χ1) is 15.3. The van der Waals surface area contributed by atoms with Crippen molar-refractivity contribution in [3.63, 3.8) is 0 Å². The number of nitrogens with two attached hydrogens (primary N) is 1. The van der Waals surface area contributed by atoms with Gasteiger partial charge in [-0.05, 0) is 49.6 Å². The zero-order valence-corrected chi connectivity index (χ0v) is 18.6.